The van der Waals surface area contributed by atoms with Crippen LogP contribution >= 0.6 is 11.8 Å². The van der Waals surface area contributed by atoms with E-state index < -0.39 is 0 Å². The first-order valence-corrected chi connectivity index (χ1v) is 6.56. The lowest BCUT2D eigenvalue weighted by Gasteiger charge is -2.20. The van der Waals surface area contributed by atoms with E-state index >= 15 is 0 Å². The molecule has 0 amide bonds. The minimum atomic E-state index is -0.183. The zero-order valence-corrected chi connectivity index (χ0v) is 11.2. The molecule has 0 radical (unpaired) electrons. The number of carbonyl (C=O) groups excluding carboxylic acids is 1. The Hall–Kier alpha value is -0.220. The summed E-state index contributed by atoms with van der Waals surface area (Å²) >= 11 is 1.77. The summed E-state index contributed by atoms with van der Waals surface area (Å²) in [5, 5.41) is 3.76. The van der Waals surface area contributed by atoms with Gasteiger partial charge in [0.15, 0.2) is 0 Å². The van der Waals surface area contributed by atoms with Crippen LogP contribution in [0.2, 0.25) is 0 Å². The smallest absolute Gasteiger partial charge is 0.323 e. The highest BCUT2D eigenvalue weighted by Gasteiger charge is 2.20. The quantitative estimate of drug-likeness (QED) is 0.683. The van der Waals surface area contributed by atoms with Crippen LogP contribution in [0, 0.1) is 0 Å². The molecule has 90 valence electrons. The van der Waals surface area contributed by atoms with Gasteiger partial charge in [-0.15, -0.1) is 0 Å². The Kier molecular flexibility index (Phi) is 7.88. The molecular formula is C11H23NO2S. The van der Waals surface area contributed by atoms with E-state index in [2.05, 4.69) is 19.2 Å². The van der Waals surface area contributed by atoms with Crippen LogP contribution < -0.4 is 5.32 Å². The molecule has 4 heteroatoms. The standard InChI is InChI=1S/C11H23NO2S/c1-6-14-11(13)10(12-8(2)3)7-15-9(4)5/h8-10,12H,6-7H2,1-5H3. The fourth-order valence-corrected chi connectivity index (χ4v) is 1.93. The van der Waals surface area contributed by atoms with Crippen molar-refractivity contribution in [3.8, 4) is 0 Å². The molecule has 0 aromatic heterocycles. The van der Waals surface area contributed by atoms with E-state index in [1.54, 1.807) is 11.8 Å². The maximum atomic E-state index is 11.6. The second-order valence-electron chi connectivity index (χ2n) is 4.01. The van der Waals surface area contributed by atoms with Crippen molar-refractivity contribution >= 4 is 17.7 Å². The lowest BCUT2D eigenvalue weighted by atomic mass is 10.3. The molecule has 1 atom stereocenters. The van der Waals surface area contributed by atoms with Crippen LogP contribution in [0.1, 0.15) is 34.6 Å². The normalized spacial score (nSPS) is 13.3. The second kappa shape index (κ2) is 7.99. The molecule has 0 aromatic rings. The van der Waals surface area contributed by atoms with Crippen molar-refractivity contribution in [3.05, 3.63) is 0 Å². The molecule has 0 saturated carbocycles. The highest BCUT2D eigenvalue weighted by molar-refractivity contribution is 7.99. The van der Waals surface area contributed by atoms with Crippen LogP contribution in [-0.2, 0) is 9.53 Å². The summed E-state index contributed by atoms with van der Waals surface area (Å²) in [5.74, 6) is 0.633. The van der Waals surface area contributed by atoms with Gasteiger partial charge in [0.2, 0.25) is 0 Å². The van der Waals surface area contributed by atoms with Crippen molar-refractivity contribution in [2.75, 3.05) is 12.4 Å². The average Bonchev–Trinajstić information content (AvgIpc) is 2.11. The Morgan fingerprint density at radius 2 is 1.93 bits per heavy atom. The Balaban J connectivity index is 4.11. The highest BCUT2D eigenvalue weighted by Crippen LogP contribution is 2.11. The van der Waals surface area contributed by atoms with Crippen molar-refractivity contribution in [1.82, 2.24) is 5.32 Å². The summed E-state index contributed by atoms with van der Waals surface area (Å²) in [6.45, 7) is 10.6. The molecule has 0 spiro atoms. The number of nitrogens with one attached hydrogen (secondary N) is 1. The summed E-state index contributed by atoms with van der Waals surface area (Å²) in [5.41, 5.74) is 0. The summed E-state index contributed by atoms with van der Waals surface area (Å²) in [6, 6.07) is 0.115. The zero-order chi connectivity index (χ0) is 11.8. The molecule has 0 heterocycles. The summed E-state index contributed by atoms with van der Waals surface area (Å²) in [7, 11) is 0. The lowest BCUT2D eigenvalue weighted by Crippen LogP contribution is -2.44. The molecule has 1 N–H and O–H groups in total. The Morgan fingerprint density at radius 3 is 2.33 bits per heavy atom. The fourth-order valence-electron chi connectivity index (χ4n) is 1.12. The molecule has 3 nitrogen and oxygen atoms in total. The molecule has 0 fully saturated rings. The average molecular weight is 233 g/mol. The number of rotatable bonds is 7. The molecule has 1 unspecified atom stereocenters. The van der Waals surface area contributed by atoms with Gasteiger partial charge in [0.1, 0.15) is 6.04 Å². The molecule has 15 heavy (non-hydrogen) atoms. The van der Waals surface area contributed by atoms with E-state index in [1.807, 2.05) is 20.8 Å². The van der Waals surface area contributed by atoms with Crippen molar-refractivity contribution in [3.63, 3.8) is 0 Å². The van der Waals surface area contributed by atoms with Gasteiger partial charge in [0.25, 0.3) is 0 Å². The Labute approximate surface area is 97.3 Å². The SMILES string of the molecule is CCOC(=O)C(CSC(C)C)NC(C)C. The first kappa shape index (κ1) is 14.8. The zero-order valence-electron chi connectivity index (χ0n) is 10.4. The van der Waals surface area contributed by atoms with E-state index in [0.29, 0.717) is 17.9 Å². The van der Waals surface area contributed by atoms with Gasteiger partial charge in [-0.25, -0.2) is 0 Å². The van der Waals surface area contributed by atoms with Crippen LogP contribution in [0.5, 0.6) is 0 Å². The Bertz CT molecular complexity index is 183. The largest absolute Gasteiger partial charge is 0.465 e. The van der Waals surface area contributed by atoms with Crippen molar-refractivity contribution < 1.29 is 9.53 Å². The molecule has 0 bridgehead atoms. The van der Waals surface area contributed by atoms with Crippen molar-refractivity contribution in [2.45, 2.75) is 52.0 Å². The maximum absolute atomic E-state index is 11.6. The number of carbonyl (C=O) groups is 1. The van der Waals surface area contributed by atoms with Crippen LogP contribution in [0.4, 0.5) is 0 Å². The maximum Gasteiger partial charge on any atom is 0.323 e. The third-order valence-corrected chi connectivity index (χ3v) is 2.89. The minimum absolute atomic E-state index is 0.139. The van der Waals surface area contributed by atoms with Crippen molar-refractivity contribution in [1.29, 1.82) is 0 Å². The minimum Gasteiger partial charge on any atom is -0.465 e. The molecule has 0 aliphatic heterocycles. The first-order valence-electron chi connectivity index (χ1n) is 5.51. The van der Waals surface area contributed by atoms with E-state index in [-0.39, 0.29) is 12.0 Å². The number of ether oxygens (including phenoxy) is 1. The van der Waals surface area contributed by atoms with E-state index in [0.717, 1.165) is 5.75 Å². The first-order chi connectivity index (χ1) is 6.97. The molecule has 0 aromatic carbocycles. The summed E-state index contributed by atoms with van der Waals surface area (Å²) in [6.07, 6.45) is 0. The molecule has 0 rings (SSSR count). The monoisotopic (exact) mass is 233 g/mol. The Morgan fingerprint density at radius 1 is 1.33 bits per heavy atom. The molecule has 0 aliphatic carbocycles. The van der Waals surface area contributed by atoms with Crippen LogP contribution in [0.3, 0.4) is 0 Å². The molecule has 0 aliphatic rings. The number of thioether (sulfide) groups is 1. The highest BCUT2D eigenvalue weighted by atomic mass is 32.2. The van der Waals surface area contributed by atoms with E-state index in [9.17, 15) is 4.79 Å². The number of esters is 1. The van der Waals surface area contributed by atoms with Gasteiger partial charge in [0, 0.05) is 11.8 Å². The third kappa shape index (κ3) is 7.68. The van der Waals surface area contributed by atoms with Gasteiger partial charge in [0.05, 0.1) is 6.61 Å². The van der Waals surface area contributed by atoms with Gasteiger partial charge in [-0.2, -0.15) is 11.8 Å². The second-order valence-corrected chi connectivity index (χ2v) is 5.62. The summed E-state index contributed by atoms with van der Waals surface area (Å²) in [4.78, 5) is 11.6. The van der Waals surface area contributed by atoms with Gasteiger partial charge in [-0.05, 0) is 12.2 Å². The third-order valence-electron chi connectivity index (χ3n) is 1.70. The van der Waals surface area contributed by atoms with Gasteiger partial charge in [-0.1, -0.05) is 27.7 Å². The van der Waals surface area contributed by atoms with Crippen LogP contribution in [-0.4, -0.2) is 35.7 Å². The van der Waals surface area contributed by atoms with Crippen LogP contribution in [0.15, 0.2) is 0 Å². The van der Waals surface area contributed by atoms with E-state index in [4.69, 9.17) is 4.74 Å². The molecular weight excluding hydrogens is 210 g/mol. The van der Waals surface area contributed by atoms with Crippen LogP contribution in [0.25, 0.3) is 0 Å². The predicted molar refractivity (Wildman–Crippen MR) is 66.3 cm³/mol. The van der Waals surface area contributed by atoms with Gasteiger partial charge < -0.3 is 10.1 Å². The van der Waals surface area contributed by atoms with Gasteiger partial charge in [-0.3, -0.25) is 4.79 Å². The number of hydrogen-bond donors (Lipinski definition) is 1. The van der Waals surface area contributed by atoms with Gasteiger partial charge >= 0.3 is 5.97 Å². The fraction of sp³-hybridized carbons (Fsp3) is 0.909. The lowest BCUT2D eigenvalue weighted by molar-refractivity contribution is -0.145. The predicted octanol–water partition coefficient (Wildman–Crippen LogP) is 2.06. The molecule has 0 saturated heterocycles. The van der Waals surface area contributed by atoms with Crippen molar-refractivity contribution in [2.24, 2.45) is 0 Å². The van der Waals surface area contributed by atoms with E-state index in [1.165, 1.54) is 0 Å². The topological polar surface area (TPSA) is 38.3 Å². The summed E-state index contributed by atoms with van der Waals surface area (Å²) < 4.78 is 5.02. The number of hydrogen-bond acceptors (Lipinski definition) is 4.